The summed E-state index contributed by atoms with van der Waals surface area (Å²) in [4.78, 5) is 11.9. The Balaban J connectivity index is 2.54. The summed E-state index contributed by atoms with van der Waals surface area (Å²) in [6.07, 6.45) is 15.5. The van der Waals surface area contributed by atoms with Crippen molar-refractivity contribution in [2.45, 2.75) is 60.3 Å². The first-order chi connectivity index (χ1) is 11.3. The third-order valence-electron chi connectivity index (χ3n) is 3.92. The van der Waals surface area contributed by atoms with Crippen LogP contribution < -0.4 is 0 Å². The predicted octanol–water partition coefficient (Wildman–Crippen LogP) is 6.30. The highest BCUT2D eigenvalue weighted by Crippen LogP contribution is 2.19. The molecule has 0 heterocycles. The Morgan fingerprint density at radius 2 is 1.62 bits per heavy atom. The molecule has 1 aliphatic rings. The highest BCUT2D eigenvalue weighted by Gasteiger charge is 2.15. The molecule has 2 heteroatoms. The molecule has 0 atom stereocenters. The van der Waals surface area contributed by atoms with Crippen LogP contribution in [0.3, 0.4) is 0 Å². The van der Waals surface area contributed by atoms with Gasteiger partial charge in [-0.25, -0.2) is 0 Å². The number of hydrogen-bond acceptors (Lipinski definition) is 2. The van der Waals surface area contributed by atoms with Crippen LogP contribution in [0.4, 0.5) is 0 Å². The number of aliphatic hydroxyl groups is 1. The Labute approximate surface area is 146 Å². The highest BCUT2D eigenvalue weighted by molar-refractivity contribution is 6.08. The van der Waals surface area contributed by atoms with E-state index in [1.165, 1.54) is 16.7 Å². The number of carbonyl (C=O) groups excluding carboxylic acids is 1. The molecular formula is C22H30O2. The van der Waals surface area contributed by atoms with E-state index in [2.05, 4.69) is 39.8 Å². The summed E-state index contributed by atoms with van der Waals surface area (Å²) in [5, 5.41) is 9.88. The maximum Gasteiger partial charge on any atom is 0.189 e. The number of hydrogen-bond donors (Lipinski definition) is 1. The molecule has 0 spiro atoms. The average molecular weight is 326 g/mol. The maximum atomic E-state index is 11.9. The first-order valence-electron chi connectivity index (χ1n) is 8.59. The van der Waals surface area contributed by atoms with E-state index in [0.717, 1.165) is 31.3 Å². The third-order valence-corrected chi connectivity index (χ3v) is 3.92. The fourth-order valence-electron chi connectivity index (χ4n) is 2.46. The molecule has 2 nitrogen and oxygen atoms in total. The van der Waals surface area contributed by atoms with Crippen molar-refractivity contribution < 1.29 is 9.90 Å². The van der Waals surface area contributed by atoms with Crippen molar-refractivity contribution in [3.8, 4) is 0 Å². The molecule has 0 aromatic carbocycles. The van der Waals surface area contributed by atoms with E-state index < -0.39 is 0 Å². The SMILES string of the molecule is CC(C)=CCC/C(C)=C\CCC(C)=C/C=C1\C(=O)C=C(C)C=C1O. The first kappa shape index (κ1) is 20.0. The molecule has 0 bridgehead atoms. The fourth-order valence-corrected chi connectivity index (χ4v) is 2.46. The quantitative estimate of drug-likeness (QED) is 0.440. The molecule has 0 aliphatic heterocycles. The van der Waals surface area contributed by atoms with E-state index in [0.29, 0.717) is 5.57 Å². The molecule has 0 aromatic heterocycles. The fraction of sp³-hybridized carbons (Fsp3) is 0.409. The summed E-state index contributed by atoms with van der Waals surface area (Å²) in [7, 11) is 0. The molecule has 24 heavy (non-hydrogen) atoms. The van der Waals surface area contributed by atoms with Crippen LogP contribution in [0.2, 0.25) is 0 Å². The monoisotopic (exact) mass is 326 g/mol. The molecule has 0 aromatic rings. The number of allylic oxidation sites excluding steroid dienone is 11. The van der Waals surface area contributed by atoms with Crippen LogP contribution in [-0.2, 0) is 4.79 Å². The number of aliphatic hydroxyl groups excluding tert-OH is 1. The van der Waals surface area contributed by atoms with Crippen molar-refractivity contribution in [2.24, 2.45) is 0 Å². The van der Waals surface area contributed by atoms with E-state index in [4.69, 9.17) is 0 Å². The lowest BCUT2D eigenvalue weighted by atomic mass is 9.99. The minimum atomic E-state index is -0.133. The van der Waals surface area contributed by atoms with Crippen molar-refractivity contribution in [2.75, 3.05) is 0 Å². The van der Waals surface area contributed by atoms with Crippen molar-refractivity contribution in [1.29, 1.82) is 0 Å². The Morgan fingerprint density at radius 1 is 1.00 bits per heavy atom. The second kappa shape index (κ2) is 9.92. The van der Waals surface area contributed by atoms with Crippen molar-refractivity contribution in [3.05, 3.63) is 70.1 Å². The van der Waals surface area contributed by atoms with Crippen LogP contribution in [0, 0.1) is 0 Å². The van der Waals surface area contributed by atoms with Crippen LogP contribution in [0.15, 0.2) is 70.1 Å². The molecule has 0 radical (unpaired) electrons. The van der Waals surface area contributed by atoms with Gasteiger partial charge in [0.1, 0.15) is 5.76 Å². The van der Waals surface area contributed by atoms with E-state index in [-0.39, 0.29) is 11.5 Å². The van der Waals surface area contributed by atoms with Crippen molar-refractivity contribution in [3.63, 3.8) is 0 Å². The topological polar surface area (TPSA) is 37.3 Å². The minimum Gasteiger partial charge on any atom is -0.507 e. The third kappa shape index (κ3) is 7.45. The number of carbonyl (C=O) groups is 1. The van der Waals surface area contributed by atoms with E-state index in [1.54, 1.807) is 25.2 Å². The van der Waals surface area contributed by atoms with Gasteiger partial charge in [0.15, 0.2) is 5.78 Å². The smallest absolute Gasteiger partial charge is 0.189 e. The van der Waals surface area contributed by atoms with Gasteiger partial charge in [-0.15, -0.1) is 0 Å². The number of rotatable bonds is 7. The summed E-state index contributed by atoms with van der Waals surface area (Å²) < 4.78 is 0. The van der Waals surface area contributed by atoms with Gasteiger partial charge in [-0.1, -0.05) is 34.9 Å². The molecule has 0 saturated heterocycles. The summed E-state index contributed by atoms with van der Waals surface area (Å²) in [5.41, 5.74) is 5.14. The molecular weight excluding hydrogens is 296 g/mol. The molecule has 1 aliphatic carbocycles. The van der Waals surface area contributed by atoms with Gasteiger partial charge in [-0.05, 0) is 84.1 Å². The van der Waals surface area contributed by atoms with E-state index in [1.807, 2.05) is 6.08 Å². The standard InChI is InChI=1S/C22H30O2/c1-16(2)8-6-9-17(3)10-7-11-18(4)12-13-20-21(23)14-19(5)15-22(20)24/h8,10,12-15,23H,6-7,9,11H2,1-5H3/b17-10-,18-12?,20-13-. The van der Waals surface area contributed by atoms with Gasteiger partial charge in [-0.3, -0.25) is 4.79 Å². The summed E-state index contributed by atoms with van der Waals surface area (Å²) in [6.45, 7) is 10.3. The Bertz CT molecular complexity index is 645. The summed E-state index contributed by atoms with van der Waals surface area (Å²) >= 11 is 0. The van der Waals surface area contributed by atoms with Gasteiger partial charge < -0.3 is 5.11 Å². The average Bonchev–Trinajstić information content (AvgIpc) is 2.45. The molecule has 0 amide bonds. The largest absolute Gasteiger partial charge is 0.507 e. The Morgan fingerprint density at radius 3 is 2.25 bits per heavy atom. The maximum absolute atomic E-state index is 11.9. The van der Waals surface area contributed by atoms with Gasteiger partial charge in [0.2, 0.25) is 0 Å². The molecule has 0 fully saturated rings. The van der Waals surface area contributed by atoms with Gasteiger partial charge in [-0.2, -0.15) is 0 Å². The molecule has 0 saturated carbocycles. The van der Waals surface area contributed by atoms with Gasteiger partial charge in [0.25, 0.3) is 0 Å². The van der Waals surface area contributed by atoms with Crippen molar-refractivity contribution >= 4 is 5.78 Å². The van der Waals surface area contributed by atoms with Crippen LogP contribution in [-0.4, -0.2) is 10.9 Å². The summed E-state index contributed by atoms with van der Waals surface area (Å²) in [5.74, 6) is -0.0781. The zero-order valence-electron chi connectivity index (χ0n) is 15.6. The van der Waals surface area contributed by atoms with Crippen LogP contribution in [0.1, 0.15) is 60.3 Å². The molecule has 1 N–H and O–H groups in total. The van der Waals surface area contributed by atoms with Crippen LogP contribution in [0.5, 0.6) is 0 Å². The van der Waals surface area contributed by atoms with Gasteiger partial charge >= 0.3 is 0 Å². The Hall–Kier alpha value is -2.09. The zero-order chi connectivity index (χ0) is 18.1. The molecule has 0 unspecified atom stereocenters. The number of ketones is 1. The minimum absolute atomic E-state index is 0.0547. The van der Waals surface area contributed by atoms with Gasteiger partial charge in [0.05, 0.1) is 5.57 Å². The summed E-state index contributed by atoms with van der Waals surface area (Å²) in [6, 6.07) is 0. The molecule has 130 valence electrons. The van der Waals surface area contributed by atoms with Gasteiger partial charge in [0, 0.05) is 0 Å². The Kier molecular flexibility index (Phi) is 8.25. The first-order valence-corrected chi connectivity index (χ1v) is 8.59. The lowest BCUT2D eigenvalue weighted by Crippen LogP contribution is -2.06. The predicted molar refractivity (Wildman–Crippen MR) is 103 cm³/mol. The highest BCUT2D eigenvalue weighted by atomic mass is 16.3. The second-order valence-corrected chi connectivity index (χ2v) is 6.78. The normalized spacial score (nSPS) is 17.7. The lowest BCUT2D eigenvalue weighted by molar-refractivity contribution is -0.111. The lowest BCUT2D eigenvalue weighted by Gasteiger charge is -2.08. The van der Waals surface area contributed by atoms with E-state index in [9.17, 15) is 9.90 Å². The molecule has 1 rings (SSSR count). The van der Waals surface area contributed by atoms with Crippen LogP contribution >= 0.6 is 0 Å². The van der Waals surface area contributed by atoms with Crippen LogP contribution in [0.25, 0.3) is 0 Å². The second-order valence-electron chi connectivity index (χ2n) is 6.78. The van der Waals surface area contributed by atoms with Crippen molar-refractivity contribution in [1.82, 2.24) is 0 Å². The zero-order valence-corrected chi connectivity index (χ0v) is 15.6. The van der Waals surface area contributed by atoms with E-state index >= 15 is 0 Å².